The fourth-order valence-corrected chi connectivity index (χ4v) is 3.02. The predicted molar refractivity (Wildman–Crippen MR) is 117 cm³/mol. The van der Waals surface area contributed by atoms with Gasteiger partial charge in [-0.3, -0.25) is 14.9 Å². The number of nitro groups is 1. The highest BCUT2D eigenvalue weighted by Crippen LogP contribution is 2.33. The molecule has 0 heterocycles. The Morgan fingerprint density at radius 1 is 1.12 bits per heavy atom. The SMILES string of the molecule is CCCc1c(OCCCOc2cc(C=CC(=O)O)ccc2[N+](=O)[O-])ccc(C(C)=O)c1O. The van der Waals surface area contributed by atoms with Crippen LogP contribution in [0.15, 0.2) is 36.4 Å². The summed E-state index contributed by atoms with van der Waals surface area (Å²) in [6.45, 7) is 3.67. The molecule has 0 aliphatic carbocycles. The van der Waals surface area contributed by atoms with E-state index in [9.17, 15) is 24.8 Å². The number of phenolic OH excluding ortho intramolecular Hbond substituents is 1. The molecule has 0 aromatic heterocycles. The molecule has 2 aromatic carbocycles. The van der Waals surface area contributed by atoms with E-state index in [0.29, 0.717) is 29.7 Å². The standard InChI is InChI=1S/C23H25NO8/c1-3-5-18-20(10-8-17(15(2)25)23(18)28)31-12-4-13-32-21-14-16(7-11-22(26)27)6-9-19(21)24(29)30/h6-11,14,28H,3-5,12-13H2,1-2H3,(H,26,27). The zero-order valence-electron chi connectivity index (χ0n) is 17.9. The number of Topliss-reactive ketones (excluding diaryl/α,β-unsaturated/α-hetero) is 1. The first-order valence-corrected chi connectivity index (χ1v) is 10.0. The molecule has 0 atom stereocenters. The quantitative estimate of drug-likeness (QED) is 0.162. The number of phenols is 1. The van der Waals surface area contributed by atoms with Crippen molar-refractivity contribution in [1.29, 1.82) is 0 Å². The molecule has 0 aliphatic rings. The number of carbonyl (C=O) groups excluding carboxylic acids is 1. The zero-order valence-corrected chi connectivity index (χ0v) is 17.9. The van der Waals surface area contributed by atoms with E-state index in [1.807, 2.05) is 6.92 Å². The van der Waals surface area contributed by atoms with Gasteiger partial charge in [0.1, 0.15) is 11.5 Å². The third-order valence-corrected chi connectivity index (χ3v) is 4.52. The number of rotatable bonds is 12. The van der Waals surface area contributed by atoms with Crippen LogP contribution in [0, 0.1) is 10.1 Å². The van der Waals surface area contributed by atoms with Gasteiger partial charge in [0, 0.05) is 24.1 Å². The van der Waals surface area contributed by atoms with Crippen molar-refractivity contribution >= 4 is 23.5 Å². The van der Waals surface area contributed by atoms with Crippen LogP contribution < -0.4 is 9.47 Å². The second-order valence-corrected chi connectivity index (χ2v) is 6.95. The molecule has 2 N–H and O–H groups in total. The minimum atomic E-state index is -1.13. The van der Waals surface area contributed by atoms with Gasteiger partial charge in [0.15, 0.2) is 11.5 Å². The van der Waals surface area contributed by atoms with Gasteiger partial charge in [-0.25, -0.2) is 4.79 Å². The summed E-state index contributed by atoms with van der Waals surface area (Å²) in [6.07, 6.45) is 3.94. The second kappa shape index (κ2) is 11.5. The number of aliphatic carboxylic acids is 1. The van der Waals surface area contributed by atoms with Crippen LogP contribution in [-0.2, 0) is 11.2 Å². The lowest BCUT2D eigenvalue weighted by molar-refractivity contribution is -0.385. The van der Waals surface area contributed by atoms with Crippen molar-refractivity contribution in [3.63, 3.8) is 0 Å². The summed E-state index contributed by atoms with van der Waals surface area (Å²) < 4.78 is 11.3. The average molecular weight is 443 g/mol. The minimum absolute atomic E-state index is 0.0256. The van der Waals surface area contributed by atoms with Crippen LogP contribution in [0.25, 0.3) is 6.08 Å². The first-order valence-electron chi connectivity index (χ1n) is 10.0. The van der Waals surface area contributed by atoms with Gasteiger partial charge in [0.2, 0.25) is 0 Å². The highest BCUT2D eigenvalue weighted by molar-refractivity contribution is 5.97. The molecular weight excluding hydrogens is 418 g/mol. The second-order valence-electron chi connectivity index (χ2n) is 6.95. The highest BCUT2D eigenvalue weighted by Gasteiger charge is 2.17. The molecule has 32 heavy (non-hydrogen) atoms. The molecule has 0 bridgehead atoms. The fourth-order valence-electron chi connectivity index (χ4n) is 3.02. The van der Waals surface area contributed by atoms with Gasteiger partial charge < -0.3 is 19.7 Å². The number of hydrogen-bond donors (Lipinski definition) is 2. The Bertz CT molecular complexity index is 1030. The summed E-state index contributed by atoms with van der Waals surface area (Å²) >= 11 is 0. The predicted octanol–water partition coefficient (Wildman–Crippen LogP) is 4.40. The van der Waals surface area contributed by atoms with Crippen LogP contribution in [0.5, 0.6) is 17.2 Å². The maximum Gasteiger partial charge on any atom is 0.328 e. The number of hydrogen-bond acceptors (Lipinski definition) is 7. The molecule has 2 rings (SSSR count). The van der Waals surface area contributed by atoms with Crippen LogP contribution in [-0.4, -0.2) is 40.1 Å². The summed E-state index contributed by atoms with van der Waals surface area (Å²) in [4.78, 5) is 32.9. The number of carboxylic acid groups (broad SMARTS) is 1. The monoisotopic (exact) mass is 443 g/mol. The minimum Gasteiger partial charge on any atom is -0.507 e. The van der Waals surface area contributed by atoms with Crippen molar-refractivity contribution in [3.05, 3.63) is 63.2 Å². The first kappa shape index (κ1) is 24.4. The Balaban J connectivity index is 2.02. The molecule has 0 unspecified atom stereocenters. The van der Waals surface area contributed by atoms with E-state index in [1.165, 1.54) is 37.3 Å². The fraction of sp³-hybridized carbons (Fsp3) is 0.304. The molecule has 170 valence electrons. The molecule has 0 amide bonds. The number of benzene rings is 2. The van der Waals surface area contributed by atoms with Gasteiger partial charge in [-0.05, 0) is 49.2 Å². The Morgan fingerprint density at radius 3 is 2.41 bits per heavy atom. The van der Waals surface area contributed by atoms with E-state index in [2.05, 4.69) is 0 Å². The molecule has 9 heteroatoms. The zero-order chi connectivity index (χ0) is 23.7. The van der Waals surface area contributed by atoms with E-state index < -0.39 is 10.9 Å². The van der Waals surface area contributed by atoms with E-state index in [1.54, 1.807) is 6.07 Å². The average Bonchev–Trinajstić information content (AvgIpc) is 2.73. The summed E-state index contributed by atoms with van der Waals surface area (Å²) in [5.74, 6) is -0.941. The van der Waals surface area contributed by atoms with Gasteiger partial charge in [0.05, 0.1) is 23.7 Å². The van der Waals surface area contributed by atoms with Crippen LogP contribution in [0.1, 0.15) is 48.2 Å². The van der Waals surface area contributed by atoms with Crippen molar-refractivity contribution in [2.75, 3.05) is 13.2 Å². The summed E-state index contributed by atoms with van der Waals surface area (Å²) in [5.41, 5.74) is 1.03. The van der Waals surface area contributed by atoms with Crippen molar-refractivity contribution in [1.82, 2.24) is 0 Å². The molecule has 9 nitrogen and oxygen atoms in total. The lowest BCUT2D eigenvalue weighted by Crippen LogP contribution is -2.08. The van der Waals surface area contributed by atoms with Crippen molar-refractivity contribution < 1.29 is 34.2 Å². The Labute approximate surface area is 185 Å². The third-order valence-electron chi connectivity index (χ3n) is 4.52. The van der Waals surface area contributed by atoms with E-state index in [4.69, 9.17) is 14.6 Å². The molecule has 2 aromatic rings. The lowest BCUT2D eigenvalue weighted by atomic mass is 10.0. The third kappa shape index (κ3) is 6.56. The molecule has 0 fully saturated rings. The Hall–Kier alpha value is -3.88. The van der Waals surface area contributed by atoms with E-state index in [-0.39, 0.29) is 41.7 Å². The maximum absolute atomic E-state index is 11.6. The first-order chi connectivity index (χ1) is 15.2. The van der Waals surface area contributed by atoms with Gasteiger partial charge in [-0.2, -0.15) is 0 Å². The largest absolute Gasteiger partial charge is 0.507 e. The molecule has 0 saturated heterocycles. The number of ketones is 1. The van der Waals surface area contributed by atoms with E-state index >= 15 is 0 Å². The number of aromatic hydroxyl groups is 1. The number of ether oxygens (including phenoxy) is 2. The lowest BCUT2D eigenvalue weighted by Gasteiger charge is -2.15. The van der Waals surface area contributed by atoms with Gasteiger partial charge in [0.25, 0.3) is 0 Å². The topological polar surface area (TPSA) is 136 Å². The van der Waals surface area contributed by atoms with E-state index in [0.717, 1.165) is 12.5 Å². The van der Waals surface area contributed by atoms with Gasteiger partial charge in [-0.15, -0.1) is 0 Å². The van der Waals surface area contributed by atoms with Crippen molar-refractivity contribution in [2.24, 2.45) is 0 Å². The molecular formula is C23H25NO8. The van der Waals surface area contributed by atoms with Crippen LogP contribution in [0.2, 0.25) is 0 Å². The maximum atomic E-state index is 11.6. The van der Waals surface area contributed by atoms with Crippen molar-refractivity contribution in [2.45, 2.75) is 33.1 Å². The van der Waals surface area contributed by atoms with Crippen LogP contribution >= 0.6 is 0 Å². The number of nitro benzene ring substituents is 1. The Morgan fingerprint density at radius 2 is 1.81 bits per heavy atom. The molecule has 0 saturated carbocycles. The molecule has 0 aliphatic heterocycles. The smallest absolute Gasteiger partial charge is 0.328 e. The summed E-state index contributed by atoms with van der Waals surface area (Å²) in [6, 6.07) is 7.24. The van der Waals surface area contributed by atoms with Gasteiger partial charge >= 0.3 is 11.7 Å². The number of carboxylic acids is 1. The summed E-state index contributed by atoms with van der Waals surface area (Å²) in [5, 5.41) is 30.3. The number of nitrogens with zero attached hydrogens (tertiary/aromatic N) is 1. The number of carbonyl (C=O) groups is 2. The van der Waals surface area contributed by atoms with Crippen LogP contribution in [0.3, 0.4) is 0 Å². The van der Waals surface area contributed by atoms with Crippen LogP contribution in [0.4, 0.5) is 5.69 Å². The van der Waals surface area contributed by atoms with Gasteiger partial charge in [-0.1, -0.05) is 13.3 Å². The molecule has 0 radical (unpaired) electrons. The molecule has 0 spiro atoms. The normalized spacial score (nSPS) is 10.8. The van der Waals surface area contributed by atoms with Crippen molar-refractivity contribution in [3.8, 4) is 17.2 Å². The Kier molecular flexibility index (Phi) is 8.76. The summed E-state index contributed by atoms with van der Waals surface area (Å²) in [7, 11) is 0. The highest BCUT2D eigenvalue weighted by atomic mass is 16.6.